The number of rotatable bonds is 5. The molecule has 0 atom stereocenters. The Balaban J connectivity index is 2.34. The van der Waals surface area contributed by atoms with Crippen molar-refractivity contribution < 1.29 is 4.79 Å². The number of nitrogens with one attached hydrogen (secondary N) is 1. The van der Waals surface area contributed by atoms with Crippen LogP contribution in [-0.4, -0.2) is 23.2 Å². The van der Waals surface area contributed by atoms with Gasteiger partial charge in [0.2, 0.25) is 5.91 Å². The van der Waals surface area contributed by atoms with Crippen molar-refractivity contribution in [3.05, 3.63) is 5.69 Å². The average Bonchev–Trinajstić information content (AvgIpc) is 2.51. The number of aromatic nitrogens is 1. The number of nitrogens with zero attached hydrogens (tertiary/aromatic N) is 1. The van der Waals surface area contributed by atoms with Crippen molar-refractivity contribution in [2.45, 2.75) is 25.0 Å². The molecule has 1 heterocycles. The second-order valence-corrected chi connectivity index (χ2v) is 6.19. The van der Waals surface area contributed by atoms with Gasteiger partial charge in [-0.3, -0.25) is 4.79 Å². The molecule has 6 heteroatoms. The second-order valence-electron chi connectivity index (χ2n) is 3.91. The number of nitrogens with two attached hydrogens (primary N) is 1. The molecule has 0 radical (unpaired) electrons. The summed E-state index contributed by atoms with van der Waals surface area (Å²) in [6.45, 7) is 6.77. The van der Waals surface area contributed by atoms with Crippen molar-refractivity contribution in [1.82, 2.24) is 10.3 Å². The highest BCUT2D eigenvalue weighted by Crippen LogP contribution is 2.30. The van der Waals surface area contributed by atoms with Crippen LogP contribution in [-0.2, 0) is 4.79 Å². The molecule has 0 unspecified atom stereocenters. The molecule has 1 aromatic heterocycles. The van der Waals surface area contributed by atoms with Crippen LogP contribution < -0.4 is 11.1 Å². The predicted octanol–water partition coefficient (Wildman–Crippen LogP) is 1.90. The van der Waals surface area contributed by atoms with Gasteiger partial charge in [0, 0.05) is 6.54 Å². The summed E-state index contributed by atoms with van der Waals surface area (Å²) in [4.78, 5) is 15.6. The maximum atomic E-state index is 11.5. The molecular formula is C10H17N3OS2. The Morgan fingerprint density at radius 3 is 2.81 bits per heavy atom. The number of aryl methyl sites for hydroxylation is 1. The van der Waals surface area contributed by atoms with E-state index >= 15 is 0 Å². The van der Waals surface area contributed by atoms with E-state index in [-0.39, 0.29) is 5.91 Å². The number of carbonyl (C=O) groups excluding carboxylic acids is 1. The lowest BCUT2D eigenvalue weighted by molar-refractivity contribution is -0.118. The molecule has 3 N–H and O–H groups in total. The monoisotopic (exact) mass is 259 g/mol. The SMILES string of the molecule is Cc1nc(N)sc1SCC(=O)NCC(C)C. The Morgan fingerprint density at radius 2 is 2.31 bits per heavy atom. The molecule has 0 fully saturated rings. The van der Waals surface area contributed by atoms with Crippen LogP contribution in [0.2, 0.25) is 0 Å². The Labute approximate surface area is 104 Å². The minimum Gasteiger partial charge on any atom is -0.375 e. The number of anilines is 1. The van der Waals surface area contributed by atoms with E-state index in [1.54, 1.807) is 0 Å². The fraction of sp³-hybridized carbons (Fsp3) is 0.600. The van der Waals surface area contributed by atoms with Gasteiger partial charge in [0.15, 0.2) is 5.13 Å². The zero-order valence-electron chi connectivity index (χ0n) is 9.74. The smallest absolute Gasteiger partial charge is 0.230 e. The number of thiazole rings is 1. The van der Waals surface area contributed by atoms with E-state index in [4.69, 9.17) is 5.73 Å². The Bertz CT molecular complexity index is 363. The average molecular weight is 259 g/mol. The molecule has 0 saturated carbocycles. The third-order valence-corrected chi connectivity index (χ3v) is 4.16. The van der Waals surface area contributed by atoms with Gasteiger partial charge in [-0.1, -0.05) is 25.2 Å². The van der Waals surface area contributed by atoms with Gasteiger partial charge < -0.3 is 11.1 Å². The van der Waals surface area contributed by atoms with Gasteiger partial charge in [0.25, 0.3) is 0 Å². The molecule has 0 aliphatic heterocycles. The van der Waals surface area contributed by atoms with Crippen LogP contribution in [0.25, 0.3) is 0 Å². The zero-order chi connectivity index (χ0) is 12.1. The molecule has 4 nitrogen and oxygen atoms in total. The normalized spacial score (nSPS) is 10.8. The molecule has 90 valence electrons. The summed E-state index contributed by atoms with van der Waals surface area (Å²) < 4.78 is 1.03. The summed E-state index contributed by atoms with van der Waals surface area (Å²) in [5.41, 5.74) is 6.48. The first-order valence-corrected chi connectivity index (χ1v) is 6.91. The van der Waals surface area contributed by atoms with Crippen LogP contribution in [0.3, 0.4) is 0 Å². The van der Waals surface area contributed by atoms with Crippen LogP contribution in [0.5, 0.6) is 0 Å². The first-order valence-electron chi connectivity index (χ1n) is 5.11. The Morgan fingerprint density at radius 1 is 1.62 bits per heavy atom. The highest BCUT2D eigenvalue weighted by atomic mass is 32.2. The van der Waals surface area contributed by atoms with Crippen LogP contribution in [0.15, 0.2) is 4.21 Å². The van der Waals surface area contributed by atoms with E-state index in [1.165, 1.54) is 23.1 Å². The summed E-state index contributed by atoms with van der Waals surface area (Å²) in [5, 5.41) is 3.43. The van der Waals surface area contributed by atoms with Crippen LogP contribution in [0.4, 0.5) is 5.13 Å². The van der Waals surface area contributed by atoms with E-state index in [2.05, 4.69) is 24.1 Å². The molecule has 0 spiro atoms. The molecule has 16 heavy (non-hydrogen) atoms. The van der Waals surface area contributed by atoms with Crippen molar-refractivity contribution in [1.29, 1.82) is 0 Å². The first kappa shape index (κ1) is 13.3. The zero-order valence-corrected chi connectivity index (χ0v) is 11.4. The first-order chi connectivity index (χ1) is 7.49. The van der Waals surface area contributed by atoms with E-state index < -0.39 is 0 Å². The molecule has 0 aliphatic rings. The van der Waals surface area contributed by atoms with Crippen molar-refractivity contribution in [3.8, 4) is 0 Å². The lowest BCUT2D eigenvalue weighted by atomic mass is 10.2. The van der Waals surface area contributed by atoms with E-state index in [9.17, 15) is 4.79 Å². The maximum Gasteiger partial charge on any atom is 0.230 e. The van der Waals surface area contributed by atoms with Crippen molar-refractivity contribution >= 4 is 34.1 Å². The molecule has 0 saturated heterocycles. The summed E-state index contributed by atoms with van der Waals surface area (Å²) in [5.74, 6) is 0.967. The number of hydrogen-bond acceptors (Lipinski definition) is 5. The third kappa shape index (κ3) is 4.40. The fourth-order valence-corrected chi connectivity index (χ4v) is 2.89. The Kier molecular flexibility index (Phi) is 5.08. The predicted molar refractivity (Wildman–Crippen MR) is 69.8 cm³/mol. The number of nitrogen functional groups attached to an aromatic ring is 1. The van der Waals surface area contributed by atoms with Crippen LogP contribution in [0, 0.1) is 12.8 Å². The van der Waals surface area contributed by atoms with Gasteiger partial charge in [0.05, 0.1) is 15.7 Å². The van der Waals surface area contributed by atoms with E-state index in [0.717, 1.165) is 16.4 Å². The summed E-state index contributed by atoms with van der Waals surface area (Å²) in [7, 11) is 0. The molecule has 0 aliphatic carbocycles. The van der Waals surface area contributed by atoms with Crippen LogP contribution >= 0.6 is 23.1 Å². The fourth-order valence-electron chi connectivity index (χ4n) is 1.04. The van der Waals surface area contributed by atoms with Crippen LogP contribution in [0.1, 0.15) is 19.5 Å². The van der Waals surface area contributed by atoms with Gasteiger partial charge >= 0.3 is 0 Å². The molecule has 0 bridgehead atoms. The van der Waals surface area contributed by atoms with Crippen molar-refractivity contribution in [3.63, 3.8) is 0 Å². The molecule has 1 aromatic rings. The molecule has 0 aromatic carbocycles. The van der Waals surface area contributed by atoms with Gasteiger partial charge in [-0.15, -0.1) is 11.8 Å². The Hall–Kier alpha value is -0.750. The van der Waals surface area contributed by atoms with Crippen molar-refractivity contribution in [2.24, 2.45) is 5.92 Å². The van der Waals surface area contributed by atoms with Crippen molar-refractivity contribution in [2.75, 3.05) is 18.0 Å². The van der Waals surface area contributed by atoms with Gasteiger partial charge in [0.1, 0.15) is 0 Å². The topological polar surface area (TPSA) is 68.0 Å². The summed E-state index contributed by atoms with van der Waals surface area (Å²) >= 11 is 2.92. The number of thioether (sulfide) groups is 1. The maximum absolute atomic E-state index is 11.5. The lowest BCUT2D eigenvalue weighted by Gasteiger charge is -2.06. The number of hydrogen-bond donors (Lipinski definition) is 2. The van der Waals surface area contributed by atoms with E-state index in [1.807, 2.05) is 6.92 Å². The second kappa shape index (κ2) is 6.10. The summed E-state index contributed by atoms with van der Waals surface area (Å²) in [6, 6.07) is 0. The quantitative estimate of drug-likeness (QED) is 0.793. The minimum absolute atomic E-state index is 0.0603. The highest BCUT2D eigenvalue weighted by molar-refractivity contribution is 8.01. The van der Waals surface area contributed by atoms with Gasteiger partial charge in [-0.05, 0) is 12.8 Å². The summed E-state index contributed by atoms with van der Waals surface area (Å²) in [6.07, 6.45) is 0. The molecular weight excluding hydrogens is 242 g/mol. The molecule has 1 amide bonds. The third-order valence-electron chi connectivity index (χ3n) is 1.81. The molecule has 1 rings (SSSR count). The van der Waals surface area contributed by atoms with E-state index in [0.29, 0.717) is 16.8 Å². The largest absolute Gasteiger partial charge is 0.375 e. The highest BCUT2D eigenvalue weighted by Gasteiger charge is 2.09. The minimum atomic E-state index is 0.0603. The van der Waals surface area contributed by atoms with Gasteiger partial charge in [-0.25, -0.2) is 4.98 Å². The van der Waals surface area contributed by atoms with Gasteiger partial charge in [-0.2, -0.15) is 0 Å². The standard InChI is InChI=1S/C10H17N3OS2/c1-6(2)4-12-8(14)5-15-9-7(3)13-10(11)16-9/h6H,4-5H2,1-3H3,(H2,11,13)(H,12,14). The number of carbonyl (C=O) groups is 1. The lowest BCUT2D eigenvalue weighted by Crippen LogP contribution is -2.28. The number of amides is 1.